The highest BCUT2D eigenvalue weighted by Gasteiger charge is 2.21. The highest BCUT2D eigenvalue weighted by atomic mass is 35.5. The number of rotatable bonds is 8. The molecule has 2 heterocycles. The Balaban J connectivity index is 1.59. The first-order valence-corrected chi connectivity index (χ1v) is 11.9. The summed E-state index contributed by atoms with van der Waals surface area (Å²) in [6.07, 6.45) is -0.514. The van der Waals surface area contributed by atoms with Crippen molar-refractivity contribution in [1.82, 2.24) is 24.6 Å². The van der Waals surface area contributed by atoms with Crippen LogP contribution in [0, 0.1) is 12.7 Å². The minimum Gasteiger partial charge on any atom is -0.481 e. The van der Waals surface area contributed by atoms with E-state index in [1.807, 2.05) is 0 Å². The minimum absolute atomic E-state index is 0.0700. The molecule has 0 aliphatic carbocycles. The van der Waals surface area contributed by atoms with E-state index in [4.69, 9.17) is 16.3 Å². The Kier molecular flexibility index (Phi) is 7.92. The number of thioether (sulfide) groups is 1. The number of hydrogen-bond donors (Lipinski definition) is 1. The molecular formula is C20H22ClFN6O3S2. The summed E-state index contributed by atoms with van der Waals surface area (Å²) < 4.78 is 20.7. The van der Waals surface area contributed by atoms with Crippen LogP contribution in [0.4, 0.5) is 9.52 Å². The Morgan fingerprint density at radius 3 is 2.76 bits per heavy atom. The summed E-state index contributed by atoms with van der Waals surface area (Å²) in [5, 5.41) is 12.0. The molecule has 0 spiro atoms. The molecule has 1 unspecified atom stereocenters. The van der Waals surface area contributed by atoms with Gasteiger partial charge >= 0.3 is 0 Å². The average molecular weight is 513 g/mol. The average Bonchev–Trinajstić information content (AvgIpc) is 3.29. The van der Waals surface area contributed by atoms with Crippen molar-refractivity contribution in [3.05, 3.63) is 45.4 Å². The zero-order valence-electron chi connectivity index (χ0n) is 18.5. The van der Waals surface area contributed by atoms with Crippen LogP contribution < -0.4 is 10.1 Å². The lowest BCUT2D eigenvalue weighted by Gasteiger charge is -2.15. The van der Waals surface area contributed by atoms with E-state index in [1.165, 1.54) is 34.9 Å². The second kappa shape index (κ2) is 10.5. The molecule has 0 saturated carbocycles. The lowest BCUT2D eigenvalue weighted by atomic mass is 10.3. The van der Waals surface area contributed by atoms with Crippen molar-refractivity contribution in [1.29, 1.82) is 0 Å². The van der Waals surface area contributed by atoms with Gasteiger partial charge in [-0.3, -0.25) is 9.59 Å². The van der Waals surface area contributed by atoms with E-state index in [-0.39, 0.29) is 22.6 Å². The van der Waals surface area contributed by atoms with Crippen molar-refractivity contribution in [3.8, 4) is 5.75 Å². The summed E-state index contributed by atoms with van der Waals surface area (Å²) >= 11 is 8.35. The van der Waals surface area contributed by atoms with E-state index < -0.39 is 11.9 Å². The van der Waals surface area contributed by atoms with Crippen molar-refractivity contribution in [2.45, 2.75) is 25.1 Å². The van der Waals surface area contributed by atoms with Gasteiger partial charge in [-0.2, -0.15) is 0 Å². The molecule has 1 N–H and O–H groups in total. The highest BCUT2D eigenvalue weighted by molar-refractivity contribution is 7.99. The van der Waals surface area contributed by atoms with Gasteiger partial charge in [-0.15, -0.1) is 10.2 Å². The Morgan fingerprint density at radius 1 is 1.36 bits per heavy atom. The molecule has 33 heavy (non-hydrogen) atoms. The summed E-state index contributed by atoms with van der Waals surface area (Å²) in [5.74, 6) is 0.00711. The Hall–Kier alpha value is -2.70. The maximum atomic E-state index is 13.2. The SMILES string of the molecule is Cc1nc(NC(=O)CSc2nnc(C(C)Oc3ccc(F)cc3Cl)n2C)sc1C(=O)N(C)C. The number of nitrogens with zero attached hydrogens (tertiary/aromatic N) is 5. The number of thiazole rings is 1. The van der Waals surface area contributed by atoms with Gasteiger partial charge in [0.2, 0.25) is 5.91 Å². The van der Waals surface area contributed by atoms with Crippen LogP contribution in [0.25, 0.3) is 0 Å². The molecule has 0 bridgehead atoms. The molecule has 9 nitrogen and oxygen atoms in total. The number of hydrogen-bond acceptors (Lipinski definition) is 8. The predicted molar refractivity (Wildman–Crippen MR) is 126 cm³/mol. The topological polar surface area (TPSA) is 102 Å². The first-order valence-electron chi connectivity index (χ1n) is 9.69. The Bertz CT molecular complexity index is 1180. The molecule has 2 aromatic heterocycles. The second-order valence-electron chi connectivity index (χ2n) is 7.20. The number of aromatic nitrogens is 4. The second-order valence-corrected chi connectivity index (χ2v) is 9.55. The third kappa shape index (κ3) is 6.01. The number of ether oxygens (including phenoxy) is 1. The monoisotopic (exact) mass is 512 g/mol. The van der Waals surface area contributed by atoms with Gasteiger partial charge in [0.05, 0.1) is 16.5 Å². The van der Waals surface area contributed by atoms with Crippen molar-refractivity contribution in [3.63, 3.8) is 0 Å². The van der Waals surface area contributed by atoms with Crippen LogP contribution in [0.1, 0.15) is 34.2 Å². The van der Waals surface area contributed by atoms with Crippen LogP contribution in [-0.4, -0.2) is 56.3 Å². The van der Waals surface area contributed by atoms with Crippen LogP contribution in [0.15, 0.2) is 23.4 Å². The van der Waals surface area contributed by atoms with Gasteiger partial charge in [-0.05, 0) is 32.0 Å². The first-order chi connectivity index (χ1) is 15.6. The molecule has 3 rings (SSSR count). The fourth-order valence-electron chi connectivity index (χ4n) is 2.76. The van der Waals surface area contributed by atoms with Crippen molar-refractivity contribution in [2.75, 3.05) is 25.2 Å². The minimum atomic E-state index is -0.514. The first kappa shape index (κ1) is 24.9. The summed E-state index contributed by atoms with van der Waals surface area (Å²) in [4.78, 5) is 30.7. The zero-order chi connectivity index (χ0) is 24.3. The summed E-state index contributed by atoms with van der Waals surface area (Å²) in [5.41, 5.74) is 0.565. The van der Waals surface area contributed by atoms with Gasteiger partial charge < -0.3 is 19.5 Å². The predicted octanol–water partition coefficient (Wildman–Crippen LogP) is 3.95. The molecule has 0 radical (unpaired) electrons. The van der Waals surface area contributed by atoms with Gasteiger partial charge in [0.25, 0.3) is 5.91 Å². The molecule has 0 saturated heterocycles. The van der Waals surface area contributed by atoms with E-state index in [2.05, 4.69) is 20.5 Å². The van der Waals surface area contributed by atoms with Crippen LogP contribution in [0.2, 0.25) is 5.02 Å². The maximum absolute atomic E-state index is 13.2. The lowest BCUT2D eigenvalue weighted by Crippen LogP contribution is -2.21. The maximum Gasteiger partial charge on any atom is 0.265 e. The number of aryl methyl sites for hydroxylation is 1. The van der Waals surface area contributed by atoms with E-state index >= 15 is 0 Å². The highest BCUT2D eigenvalue weighted by Crippen LogP contribution is 2.30. The van der Waals surface area contributed by atoms with Crippen LogP contribution >= 0.6 is 34.7 Å². The molecule has 0 aliphatic heterocycles. The molecule has 0 aliphatic rings. The molecule has 1 aromatic carbocycles. The van der Waals surface area contributed by atoms with Gasteiger partial charge in [0, 0.05) is 21.1 Å². The number of anilines is 1. The third-order valence-electron chi connectivity index (χ3n) is 4.41. The smallest absolute Gasteiger partial charge is 0.265 e. The van der Waals surface area contributed by atoms with Gasteiger partial charge in [-0.1, -0.05) is 34.7 Å². The Morgan fingerprint density at radius 2 is 2.09 bits per heavy atom. The van der Waals surface area contributed by atoms with Crippen LogP contribution in [-0.2, 0) is 11.8 Å². The van der Waals surface area contributed by atoms with Crippen LogP contribution in [0.5, 0.6) is 5.75 Å². The number of carbonyl (C=O) groups is 2. The van der Waals surface area contributed by atoms with E-state index in [9.17, 15) is 14.0 Å². The molecule has 13 heteroatoms. The normalized spacial score (nSPS) is 11.8. The molecule has 2 amide bonds. The van der Waals surface area contributed by atoms with Crippen LogP contribution in [0.3, 0.4) is 0 Å². The summed E-state index contributed by atoms with van der Waals surface area (Å²) in [6.45, 7) is 3.49. The Labute approximate surface area is 203 Å². The van der Waals surface area contributed by atoms with Crippen molar-refractivity contribution in [2.24, 2.45) is 7.05 Å². The van der Waals surface area contributed by atoms with E-state index in [1.54, 1.807) is 39.6 Å². The van der Waals surface area contributed by atoms with E-state index in [0.717, 1.165) is 11.3 Å². The molecule has 0 fully saturated rings. The molecular weight excluding hydrogens is 491 g/mol. The number of halogens is 2. The molecule has 1 atom stereocenters. The standard InChI is InChI=1S/C20H22ClFN6O3S2/c1-10-16(18(30)27(3)4)33-19(23-10)24-15(29)9-32-20-26-25-17(28(20)5)11(2)31-14-7-6-12(22)8-13(14)21/h6-8,11H,9H2,1-5H3,(H,23,24,29). The van der Waals surface area contributed by atoms with Gasteiger partial charge in [0.1, 0.15) is 16.4 Å². The molecule has 176 valence electrons. The van der Waals surface area contributed by atoms with Crippen molar-refractivity contribution >= 4 is 51.6 Å². The number of carbonyl (C=O) groups excluding carboxylic acids is 2. The van der Waals surface area contributed by atoms with Gasteiger partial charge in [0.15, 0.2) is 22.2 Å². The number of nitrogens with one attached hydrogen (secondary N) is 1. The summed E-state index contributed by atoms with van der Waals surface area (Å²) in [7, 11) is 5.07. The number of benzene rings is 1. The largest absolute Gasteiger partial charge is 0.481 e. The zero-order valence-corrected chi connectivity index (χ0v) is 20.9. The fourth-order valence-corrected chi connectivity index (χ4v) is 4.69. The molecule has 3 aromatic rings. The van der Waals surface area contributed by atoms with Gasteiger partial charge in [-0.25, -0.2) is 9.37 Å². The van der Waals surface area contributed by atoms with Crippen molar-refractivity contribution < 1.29 is 18.7 Å². The quantitative estimate of drug-likeness (QED) is 0.456. The third-order valence-corrected chi connectivity index (χ3v) is 6.78. The fraction of sp³-hybridized carbons (Fsp3) is 0.350. The van der Waals surface area contributed by atoms with E-state index in [0.29, 0.717) is 32.4 Å². The lowest BCUT2D eigenvalue weighted by molar-refractivity contribution is -0.113. The number of amides is 2. The summed E-state index contributed by atoms with van der Waals surface area (Å²) in [6, 6.07) is 3.87.